The first-order chi connectivity index (χ1) is 11.5. The fourth-order valence-electron chi connectivity index (χ4n) is 2.59. The Morgan fingerprint density at radius 2 is 2.04 bits per heavy atom. The predicted molar refractivity (Wildman–Crippen MR) is 88.0 cm³/mol. The van der Waals surface area contributed by atoms with Crippen LogP contribution in [0.1, 0.15) is 23.2 Å². The predicted octanol–water partition coefficient (Wildman–Crippen LogP) is 3.61. The van der Waals surface area contributed by atoms with Gasteiger partial charge in [0.1, 0.15) is 11.9 Å². The minimum atomic E-state index is -0.628. The van der Waals surface area contributed by atoms with Crippen molar-refractivity contribution in [2.45, 2.75) is 18.9 Å². The van der Waals surface area contributed by atoms with E-state index in [-0.39, 0.29) is 22.7 Å². The molecule has 1 fully saturated rings. The molecule has 8 heteroatoms. The lowest BCUT2D eigenvalue weighted by atomic mass is 10.1. The summed E-state index contributed by atoms with van der Waals surface area (Å²) >= 11 is 11.7. The van der Waals surface area contributed by atoms with E-state index in [1.54, 1.807) is 0 Å². The summed E-state index contributed by atoms with van der Waals surface area (Å²) in [6, 6.07) is 4.38. The van der Waals surface area contributed by atoms with Crippen molar-refractivity contribution in [1.29, 1.82) is 0 Å². The quantitative estimate of drug-likeness (QED) is 0.829. The van der Waals surface area contributed by atoms with Crippen molar-refractivity contribution in [3.63, 3.8) is 0 Å². The van der Waals surface area contributed by atoms with Crippen LogP contribution < -0.4 is 4.74 Å². The summed E-state index contributed by atoms with van der Waals surface area (Å²) in [4.78, 5) is 22.1. The fraction of sp³-hybridized carbons (Fsp3) is 0.312. The highest BCUT2D eigenvalue weighted by molar-refractivity contribution is 6.33. The number of amides is 1. The van der Waals surface area contributed by atoms with Gasteiger partial charge in [0, 0.05) is 6.54 Å². The number of rotatable bonds is 3. The maximum absolute atomic E-state index is 13.9. The van der Waals surface area contributed by atoms with E-state index in [1.807, 2.05) is 0 Å². The largest absolute Gasteiger partial charge is 0.458 e. The van der Waals surface area contributed by atoms with Crippen LogP contribution >= 0.6 is 23.2 Å². The summed E-state index contributed by atoms with van der Waals surface area (Å²) in [5.41, 5.74) is -0.109. The van der Waals surface area contributed by atoms with Crippen molar-refractivity contribution in [2.24, 2.45) is 0 Å². The molecule has 1 atom stereocenters. The third-order valence-electron chi connectivity index (χ3n) is 3.71. The van der Waals surface area contributed by atoms with Crippen molar-refractivity contribution in [3.05, 3.63) is 52.0 Å². The van der Waals surface area contributed by atoms with Gasteiger partial charge in [-0.15, -0.1) is 0 Å². The zero-order valence-electron chi connectivity index (χ0n) is 12.6. The van der Waals surface area contributed by atoms with E-state index in [9.17, 15) is 9.18 Å². The smallest absolute Gasteiger partial charge is 0.316 e. The Kier molecular flexibility index (Phi) is 5.16. The van der Waals surface area contributed by atoms with Gasteiger partial charge in [0.05, 0.1) is 34.5 Å². The molecule has 1 aliphatic heterocycles. The third kappa shape index (κ3) is 3.76. The molecular formula is C16H14Cl2FN3O2. The second-order valence-electron chi connectivity index (χ2n) is 5.41. The molecule has 1 aromatic heterocycles. The van der Waals surface area contributed by atoms with Crippen molar-refractivity contribution in [3.8, 4) is 6.01 Å². The van der Waals surface area contributed by atoms with Crippen LogP contribution in [0.15, 0.2) is 30.6 Å². The summed E-state index contributed by atoms with van der Waals surface area (Å²) in [5.74, 6) is -1.07. The Bertz CT molecular complexity index is 722. The maximum atomic E-state index is 13.9. The van der Waals surface area contributed by atoms with E-state index in [2.05, 4.69) is 9.97 Å². The lowest BCUT2D eigenvalue weighted by Gasteiger charge is -2.32. The molecule has 1 saturated heterocycles. The number of carbonyl (C=O) groups is 1. The van der Waals surface area contributed by atoms with E-state index in [0.29, 0.717) is 18.1 Å². The van der Waals surface area contributed by atoms with E-state index in [1.165, 1.54) is 35.5 Å². The van der Waals surface area contributed by atoms with Gasteiger partial charge < -0.3 is 9.64 Å². The number of aromatic nitrogens is 2. The molecule has 0 spiro atoms. The second kappa shape index (κ2) is 7.32. The maximum Gasteiger partial charge on any atom is 0.316 e. The number of benzene rings is 1. The lowest BCUT2D eigenvalue weighted by molar-refractivity contribution is 0.0512. The molecule has 1 amide bonds. The molecule has 1 unspecified atom stereocenters. The number of carbonyl (C=O) groups excluding carboxylic acids is 1. The molecule has 0 bridgehead atoms. The minimum absolute atomic E-state index is 0.101. The van der Waals surface area contributed by atoms with E-state index in [4.69, 9.17) is 27.9 Å². The van der Waals surface area contributed by atoms with Gasteiger partial charge in [-0.2, -0.15) is 0 Å². The number of piperidine rings is 1. The van der Waals surface area contributed by atoms with Crippen molar-refractivity contribution < 1.29 is 13.9 Å². The Hall–Kier alpha value is -1.92. The van der Waals surface area contributed by atoms with Crippen molar-refractivity contribution in [2.75, 3.05) is 13.1 Å². The molecule has 0 aliphatic carbocycles. The average molecular weight is 370 g/mol. The highest BCUT2D eigenvalue weighted by Crippen LogP contribution is 2.23. The van der Waals surface area contributed by atoms with Crippen LogP contribution in [-0.2, 0) is 0 Å². The normalized spacial score (nSPS) is 17.6. The van der Waals surface area contributed by atoms with Gasteiger partial charge in [-0.25, -0.2) is 14.4 Å². The Labute approximate surface area is 148 Å². The highest BCUT2D eigenvalue weighted by atomic mass is 35.5. The topological polar surface area (TPSA) is 55.3 Å². The Morgan fingerprint density at radius 3 is 2.75 bits per heavy atom. The van der Waals surface area contributed by atoms with Gasteiger partial charge >= 0.3 is 6.01 Å². The number of halogens is 3. The van der Waals surface area contributed by atoms with Crippen LogP contribution in [0.5, 0.6) is 6.01 Å². The first kappa shape index (κ1) is 16.9. The van der Waals surface area contributed by atoms with Crippen LogP contribution in [0.3, 0.4) is 0 Å². The van der Waals surface area contributed by atoms with Crippen LogP contribution in [-0.4, -0.2) is 40.0 Å². The number of ether oxygens (including phenoxy) is 1. The number of hydrogen-bond acceptors (Lipinski definition) is 4. The summed E-state index contributed by atoms with van der Waals surface area (Å²) in [6.45, 7) is 0.834. The molecule has 1 aromatic carbocycles. The standard InChI is InChI=1S/C16H14Cl2FN3O2/c17-10-7-20-16(21-8-10)24-11-3-2-6-22(9-11)15(23)14-12(18)4-1-5-13(14)19/h1,4-5,7-8,11H,2-3,6,9H2. The summed E-state index contributed by atoms with van der Waals surface area (Å²) < 4.78 is 19.6. The van der Waals surface area contributed by atoms with Crippen LogP contribution in [0.4, 0.5) is 4.39 Å². The fourth-order valence-corrected chi connectivity index (χ4v) is 2.93. The molecule has 0 radical (unpaired) electrons. The third-order valence-corrected chi connectivity index (χ3v) is 4.22. The summed E-state index contributed by atoms with van der Waals surface area (Å²) in [6.07, 6.45) is 4.09. The Morgan fingerprint density at radius 1 is 1.29 bits per heavy atom. The SMILES string of the molecule is O=C(c1c(F)cccc1Cl)N1CCCC(Oc2ncc(Cl)cn2)C1. The number of nitrogens with zero attached hydrogens (tertiary/aromatic N) is 3. The number of hydrogen-bond donors (Lipinski definition) is 0. The van der Waals surface area contributed by atoms with Crippen LogP contribution in [0.25, 0.3) is 0 Å². The van der Waals surface area contributed by atoms with Gasteiger partial charge in [-0.3, -0.25) is 4.79 Å². The van der Waals surface area contributed by atoms with Gasteiger partial charge in [-0.05, 0) is 25.0 Å². The van der Waals surface area contributed by atoms with Gasteiger partial charge in [-0.1, -0.05) is 29.3 Å². The van der Waals surface area contributed by atoms with Gasteiger partial charge in [0.15, 0.2) is 0 Å². The van der Waals surface area contributed by atoms with Gasteiger partial charge in [0.25, 0.3) is 5.91 Å². The zero-order chi connectivity index (χ0) is 17.1. The lowest BCUT2D eigenvalue weighted by Crippen LogP contribution is -2.44. The second-order valence-corrected chi connectivity index (χ2v) is 6.26. The molecule has 3 rings (SSSR count). The van der Waals surface area contributed by atoms with E-state index >= 15 is 0 Å². The zero-order valence-corrected chi connectivity index (χ0v) is 14.1. The minimum Gasteiger partial charge on any atom is -0.458 e. The first-order valence-electron chi connectivity index (χ1n) is 7.42. The van der Waals surface area contributed by atoms with Crippen LogP contribution in [0, 0.1) is 5.82 Å². The van der Waals surface area contributed by atoms with Crippen LogP contribution in [0.2, 0.25) is 10.0 Å². The highest BCUT2D eigenvalue weighted by Gasteiger charge is 2.28. The monoisotopic (exact) mass is 369 g/mol. The molecule has 0 N–H and O–H groups in total. The molecule has 1 aliphatic rings. The molecule has 2 aromatic rings. The van der Waals surface area contributed by atoms with Gasteiger partial charge in [0.2, 0.25) is 0 Å². The van der Waals surface area contributed by atoms with E-state index < -0.39 is 11.7 Å². The molecule has 24 heavy (non-hydrogen) atoms. The summed E-state index contributed by atoms with van der Waals surface area (Å²) in [5, 5.41) is 0.515. The molecular weight excluding hydrogens is 356 g/mol. The molecule has 2 heterocycles. The molecule has 0 saturated carbocycles. The molecule has 5 nitrogen and oxygen atoms in total. The van der Waals surface area contributed by atoms with E-state index in [0.717, 1.165) is 12.8 Å². The molecule has 126 valence electrons. The average Bonchev–Trinajstić information content (AvgIpc) is 2.57. The summed E-state index contributed by atoms with van der Waals surface area (Å²) in [7, 11) is 0. The number of likely N-dealkylation sites (tertiary alicyclic amines) is 1. The van der Waals surface area contributed by atoms with Crippen molar-refractivity contribution >= 4 is 29.1 Å². The Balaban J connectivity index is 1.71. The van der Waals surface area contributed by atoms with Crippen molar-refractivity contribution in [1.82, 2.24) is 14.9 Å². The first-order valence-corrected chi connectivity index (χ1v) is 8.17.